The quantitative estimate of drug-likeness (QED) is 0.455. The fraction of sp³-hybridized carbons (Fsp3) is 0.731. The lowest BCUT2D eigenvalue weighted by atomic mass is 9.78. The summed E-state index contributed by atoms with van der Waals surface area (Å²) in [6, 6.07) is -1.24. The smallest absolute Gasteiger partial charge is 0.311 e. The molecule has 0 aliphatic carbocycles. The van der Waals surface area contributed by atoms with E-state index in [0.717, 1.165) is 32.1 Å². The standard InChI is InChI=1S/C26H38N2O5S/c1-4-5-13-27-14-10-12-26-21(20-19(34-26)11-8-6-7-9-15-33-25(20)32)23(30)28(22(26)24(27)31)18(16-29)17(2)3/h8,10-12,17-22,29H,4-7,9,13-16H2,1-3H3/b11-8-/t18-,19-,20+,21-,22?,26-/m0/s1. The molecule has 6 atom stereocenters. The van der Waals surface area contributed by atoms with Crippen molar-refractivity contribution in [3.63, 3.8) is 0 Å². The Hall–Kier alpha value is -1.80. The van der Waals surface area contributed by atoms with E-state index >= 15 is 0 Å². The van der Waals surface area contributed by atoms with Gasteiger partial charge in [-0.1, -0.05) is 51.5 Å². The Morgan fingerprint density at radius 3 is 2.71 bits per heavy atom. The van der Waals surface area contributed by atoms with E-state index < -0.39 is 28.7 Å². The van der Waals surface area contributed by atoms with Gasteiger partial charge in [0.25, 0.3) is 0 Å². The summed E-state index contributed by atoms with van der Waals surface area (Å²) in [6.45, 7) is 7.25. The number of aliphatic hydroxyl groups is 1. The second kappa shape index (κ2) is 10.4. The molecular formula is C26H38N2O5S. The van der Waals surface area contributed by atoms with E-state index in [1.807, 2.05) is 37.0 Å². The van der Waals surface area contributed by atoms with Gasteiger partial charge in [0.05, 0.1) is 35.8 Å². The van der Waals surface area contributed by atoms with Gasteiger partial charge in [-0.15, -0.1) is 11.8 Å². The number of amides is 2. The van der Waals surface area contributed by atoms with Crippen molar-refractivity contribution in [3.05, 3.63) is 24.3 Å². The third-order valence-corrected chi connectivity index (χ3v) is 9.46. The summed E-state index contributed by atoms with van der Waals surface area (Å²) in [4.78, 5) is 45.0. The van der Waals surface area contributed by atoms with E-state index in [9.17, 15) is 19.5 Å². The van der Waals surface area contributed by atoms with Crippen molar-refractivity contribution in [1.29, 1.82) is 0 Å². The van der Waals surface area contributed by atoms with Gasteiger partial charge in [-0.2, -0.15) is 0 Å². The molecule has 1 unspecified atom stereocenters. The number of unbranched alkanes of at least 4 members (excludes halogenated alkanes) is 1. The van der Waals surface area contributed by atoms with Crippen LogP contribution < -0.4 is 0 Å². The van der Waals surface area contributed by atoms with E-state index in [2.05, 4.69) is 13.0 Å². The number of hydrogen-bond donors (Lipinski definition) is 1. The number of esters is 1. The molecule has 188 valence electrons. The van der Waals surface area contributed by atoms with Crippen LogP contribution in [0.5, 0.6) is 0 Å². The van der Waals surface area contributed by atoms with Gasteiger partial charge in [-0.05, 0) is 31.6 Å². The van der Waals surface area contributed by atoms with Crippen LogP contribution in [0, 0.1) is 17.8 Å². The Labute approximate surface area is 206 Å². The van der Waals surface area contributed by atoms with Crippen molar-refractivity contribution >= 4 is 29.5 Å². The third-order valence-electron chi connectivity index (χ3n) is 7.72. The molecule has 4 rings (SSSR count). The topological polar surface area (TPSA) is 87.2 Å². The Kier molecular flexibility index (Phi) is 7.77. The minimum absolute atomic E-state index is 0.0364. The molecule has 2 amide bonds. The number of hydrogen-bond acceptors (Lipinski definition) is 6. The van der Waals surface area contributed by atoms with Crippen molar-refractivity contribution in [2.75, 3.05) is 26.3 Å². The summed E-state index contributed by atoms with van der Waals surface area (Å²) >= 11 is 1.56. The average Bonchev–Trinajstić information content (AvgIpc) is 3.19. The molecule has 4 aliphatic rings. The van der Waals surface area contributed by atoms with Gasteiger partial charge >= 0.3 is 5.97 Å². The van der Waals surface area contributed by atoms with Crippen LogP contribution >= 0.6 is 11.8 Å². The Balaban J connectivity index is 1.83. The molecule has 0 aromatic rings. The zero-order valence-electron chi connectivity index (χ0n) is 20.5. The number of aliphatic hydroxyl groups excluding tert-OH is 1. The molecule has 4 aliphatic heterocycles. The summed E-state index contributed by atoms with van der Waals surface area (Å²) in [5.41, 5.74) is 0. The van der Waals surface area contributed by atoms with E-state index in [1.54, 1.807) is 16.7 Å². The highest BCUT2D eigenvalue weighted by molar-refractivity contribution is 8.02. The number of cyclic esters (lactones) is 1. The number of thioether (sulfide) groups is 1. The van der Waals surface area contributed by atoms with Gasteiger partial charge < -0.3 is 19.6 Å². The summed E-state index contributed by atoms with van der Waals surface area (Å²) in [6.07, 6.45) is 12.7. The molecule has 7 nitrogen and oxygen atoms in total. The molecule has 34 heavy (non-hydrogen) atoms. The van der Waals surface area contributed by atoms with Gasteiger partial charge in [0, 0.05) is 18.3 Å². The lowest BCUT2D eigenvalue weighted by molar-refractivity contribution is -0.154. The molecule has 0 radical (unpaired) electrons. The van der Waals surface area contributed by atoms with Crippen molar-refractivity contribution < 1.29 is 24.2 Å². The summed E-state index contributed by atoms with van der Waals surface area (Å²) in [5, 5.41) is 10.1. The largest absolute Gasteiger partial charge is 0.465 e. The first-order valence-electron chi connectivity index (χ1n) is 12.8. The molecular weight excluding hydrogens is 452 g/mol. The van der Waals surface area contributed by atoms with Crippen LogP contribution in [0.15, 0.2) is 24.3 Å². The Morgan fingerprint density at radius 1 is 1.21 bits per heavy atom. The predicted molar refractivity (Wildman–Crippen MR) is 132 cm³/mol. The Bertz CT molecular complexity index is 858. The van der Waals surface area contributed by atoms with E-state index in [1.165, 1.54) is 0 Å². The zero-order valence-corrected chi connectivity index (χ0v) is 21.3. The first kappa shape index (κ1) is 25.3. The minimum atomic E-state index is -0.857. The fourth-order valence-corrected chi connectivity index (χ4v) is 7.92. The molecule has 2 saturated heterocycles. The predicted octanol–water partition coefficient (Wildman–Crippen LogP) is 2.78. The highest BCUT2D eigenvalue weighted by atomic mass is 32.2. The second-order valence-electron chi connectivity index (χ2n) is 10.2. The SMILES string of the molecule is CCCCN1CC=C[C@]23S[C@H]4/C=C\CCCCOC(=O)[C@H]4[C@H]2C(=O)N([C@@H](CO)C(C)C)C3C1=O. The molecule has 0 bridgehead atoms. The van der Waals surface area contributed by atoms with Gasteiger partial charge in [0.15, 0.2) is 0 Å². The van der Waals surface area contributed by atoms with Crippen LogP contribution in [0.2, 0.25) is 0 Å². The van der Waals surface area contributed by atoms with Crippen LogP contribution in [-0.4, -0.2) is 81.1 Å². The summed E-state index contributed by atoms with van der Waals surface area (Å²) in [5.74, 6) is -2.02. The van der Waals surface area contributed by atoms with Crippen LogP contribution in [0.25, 0.3) is 0 Å². The number of rotatable bonds is 6. The highest BCUT2D eigenvalue weighted by Gasteiger charge is 2.71. The molecule has 2 fully saturated rings. The number of likely N-dealkylation sites (tertiary alicyclic amines) is 1. The molecule has 1 spiro atoms. The van der Waals surface area contributed by atoms with E-state index in [0.29, 0.717) is 19.7 Å². The number of fused-ring (bicyclic) bond motifs is 2. The molecule has 0 aromatic carbocycles. The first-order chi connectivity index (χ1) is 16.4. The van der Waals surface area contributed by atoms with Crippen LogP contribution in [0.3, 0.4) is 0 Å². The van der Waals surface area contributed by atoms with Gasteiger partial charge in [-0.25, -0.2) is 0 Å². The van der Waals surface area contributed by atoms with Crippen LogP contribution in [0.4, 0.5) is 0 Å². The lowest BCUT2D eigenvalue weighted by Crippen LogP contribution is -2.57. The average molecular weight is 491 g/mol. The Morgan fingerprint density at radius 2 is 2.00 bits per heavy atom. The van der Waals surface area contributed by atoms with Crippen molar-refractivity contribution in [2.24, 2.45) is 17.8 Å². The van der Waals surface area contributed by atoms with Crippen molar-refractivity contribution in [2.45, 2.75) is 75.0 Å². The lowest BCUT2D eigenvalue weighted by Gasteiger charge is -2.39. The number of allylic oxidation sites excluding steroid dienone is 1. The molecule has 4 heterocycles. The molecule has 0 aromatic heterocycles. The van der Waals surface area contributed by atoms with Crippen molar-refractivity contribution in [3.8, 4) is 0 Å². The summed E-state index contributed by atoms with van der Waals surface area (Å²) < 4.78 is 4.78. The monoisotopic (exact) mass is 490 g/mol. The molecule has 1 N–H and O–H groups in total. The number of nitrogens with zero attached hydrogens (tertiary/aromatic N) is 2. The van der Waals surface area contributed by atoms with E-state index in [-0.39, 0.29) is 35.6 Å². The highest BCUT2D eigenvalue weighted by Crippen LogP contribution is 2.61. The number of carbonyl (C=O) groups excluding carboxylic acids is 3. The van der Waals surface area contributed by atoms with E-state index in [4.69, 9.17) is 4.74 Å². The summed E-state index contributed by atoms with van der Waals surface area (Å²) in [7, 11) is 0. The maximum absolute atomic E-state index is 14.1. The number of ether oxygens (including phenoxy) is 1. The van der Waals surface area contributed by atoms with Crippen molar-refractivity contribution in [1.82, 2.24) is 9.80 Å². The zero-order chi connectivity index (χ0) is 24.5. The van der Waals surface area contributed by atoms with Crippen LogP contribution in [0.1, 0.15) is 52.9 Å². The van der Waals surface area contributed by atoms with Crippen LogP contribution in [-0.2, 0) is 19.1 Å². The maximum atomic E-state index is 14.1. The van der Waals surface area contributed by atoms with Gasteiger partial charge in [0.2, 0.25) is 11.8 Å². The maximum Gasteiger partial charge on any atom is 0.311 e. The normalized spacial score (nSPS) is 35.5. The molecule has 0 saturated carbocycles. The first-order valence-corrected chi connectivity index (χ1v) is 13.7. The number of carbonyl (C=O) groups is 3. The van der Waals surface area contributed by atoms with Gasteiger partial charge in [0.1, 0.15) is 6.04 Å². The van der Waals surface area contributed by atoms with Gasteiger partial charge in [-0.3, -0.25) is 14.4 Å². The third kappa shape index (κ3) is 4.21. The molecule has 8 heteroatoms. The second-order valence-corrected chi connectivity index (χ2v) is 11.7. The minimum Gasteiger partial charge on any atom is -0.465 e. The fourth-order valence-electron chi connectivity index (χ4n) is 5.93.